The molecule has 2 aliphatic heterocycles. The fourth-order valence-corrected chi connectivity index (χ4v) is 4.53. The minimum atomic E-state index is -5.08. The molecule has 2 atom stereocenters. The predicted molar refractivity (Wildman–Crippen MR) is 139 cm³/mol. The lowest BCUT2D eigenvalue weighted by atomic mass is 9.89. The van der Waals surface area contributed by atoms with Crippen molar-refractivity contribution in [2.24, 2.45) is 11.8 Å². The summed E-state index contributed by atoms with van der Waals surface area (Å²) in [5.41, 5.74) is 1.94. The number of fused-ring (bicyclic) bond motifs is 2. The summed E-state index contributed by atoms with van der Waals surface area (Å²) in [6.45, 7) is 3.74. The fraction of sp³-hybridized carbons (Fsp3) is 0.385. The topological polar surface area (TPSA) is 160 Å². The normalized spacial score (nSPS) is 17.5. The van der Waals surface area contributed by atoms with Crippen LogP contribution in [0.15, 0.2) is 48.8 Å². The quantitative estimate of drug-likeness (QED) is 0.356. The molecule has 4 heterocycles. The van der Waals surface area contributed by atoms with Crippen molar-refractivity contribution in [2.45, 2.75) is 31.9 Å². The smallest absolute Gasteiger partial charge is 0.490 e. The van der Waals surface area contributed by atoms with Crippen LogP contribution in [0.5, 0.6) is 5.75 Å². The maximum absolute atomic E-state index is 12.8. The van der Waals surface area contributed by atoms with E-state index >= 15 is 0 Å². The second-order valence-corrected chi connectivity index (χ2v) is 9.62. The number of carboxylic acid groups (broad SMARTS) is 2. The number of carbonyl (C=O) groups excluding carboxylic acids is 1. The van der Waals surface area contributed by atoms with E-state index in [4.69, 9.17) is 24.5 Å². The molecular formula is C26H26F6N6O6. The average Bonchev–Trinajstić information content (AvgIpc) is 3.55. The van der Waals surface area contributed by atoms with Crippen LogP contribution in [0.4, 0.5) is 32.0 Å². The third-order valence-electron chi connectivity index (χ3n) is 6.51. The van der Waals surface area contributed by atoms with E-state index in [9.17, 15) is 31.1 Å². The lowest BCUT2D eigenvalue weighted by Crippen LogP contribution is -2.31. The van der Waals surface area contributed by atoms with Crippen molar-refractivity contribution in [3.8, 4) is 5.75 Å². The van der Waals surface area contributed by atoms with Crippen LogP contribution in [-0.2, 0) is 29.1 Å². The van der Waals surface area contributed by atoms with E-state index in [1.165, 1.54) is 5.56 Å². The maximum Gasteiger partial charge on any atom is 0.490 e. The highest BCUT2D eigenvalue weighted by molar-refractivity contribution is 6.01. The Morgan fingerprint density at radius 2 is 1.52 bits per heavy atom. The van der Waals surface area contributed by atoms with E-state index in [-0.39, 0.29) is 5.91 Å². The van der Waals surface area contributed by atoms with Crippen molar-refractivity contribution in [3.63, 3.8) is 0 Å². The largest absolute Gasteiger partial charge is 0.497 e. The number of rotatable bonds is 5. The van der Waals surface area contributed by atoms with Gasteiger partial charge in [0.25, 0.3) is 5.91 Å². The number of likely N-dealkylation sites (tertiary alicyclic amines) is 1. The molecule has 44 heavy (non-hydrogen) atoms. The predicted octanol–water partition coefficient (Wildman–Crippen LogP) is 3.50. The Balaban J connectivity index is 0.000000317. The van der Waals surface area contributed by atoms with Crippen LogP contribution >= 0.6 is 0 Å². The molecule has 0 aliphatic carbocycles. The SMILES string of the molecule is COc1ccc(NC(=O)c2nnc3n2CC2CN(Cc4cccnc4)CC2C3)cc1.O=C(O)C(F)(F)F.O=C(O)C(F)(F)F. The fourth-order valence-electron chi connectivity index (χ4n) is 4.53. The Bertz CT molecular complexity index is 1410. The molecule has 2 aromatic heterocycles. The molecule has 0 radical (unpaired) electrons. The molecule has 1 saturated heterocycles. The molecule has 3 N–H and O–H groups in total. The van der Waals surface area contributed by atoms with Gasteiger partial charge < -0.3 is 24.8 Å². The zero-order valence-corrected chi connectivity index (χ0v) is 22.8. The van der Waals surface area contributed by atoms with Crippen molar-refractivity contribution in [2.75, 3.05) is 25.5 Å². The molecular weight excluding hydrogens is 606 g/mol. The number of benzene rings is 1. The number of carboxylic acids is 2. The van der Waals surface area contributed by atoms with Gasteiger partial charge in [-0.1, -0.05) is 6.07 Å². The van der Waals surface area contributed by atoms with Gasteiger partial charge in [-0.3, -0.25) is 14.7 Å². The molecule has 12 nitrogen and oxygen atoms in total. The number of hydrogen-bond donors (Lipinski definition) is 3. The Labute approximate surface area is 245 Å². The molecule has 1 fully saturated rings. The van der Waals surface area contributed by atoms with Crippen LogP contribution in [0, 0.1) is 11.8 Å². The highest BCUT2D eigenvalue weighted by Crippen LogP contribution is 2.33. The monoisotopic (exact) mass is 632 g/mol. The molecule has 0 spiro atoms. The Morgan fingerprint density at radius 1 is 0.932 bits per heavy atom. The Kier molecular flexibility index (Phi) is 10.9. The minimum absolute atomic E-state index is 0.234. The number of nitrogens with one attached hydrogen (secondary N) is 1. The minimum Gasteiger partial charge on any atom is -0.497 e. The highest BCUT2D eigenvalue weighted by atomic mass is 19.4. The van der Waals surface area contributed by atoms with Crippen LogP contribution < -0.4 is 10.1 Å². The summed E-state index contributed by atoms with van der Waals surface area (Å²) in [4.78, 5) is 37.3. The van der Waals surface area contributed by atoms with E-state index in [1.54, 1.807) is 13.3 Å². The number of alkyl halides is 6. The first-order valence-corrected chi connectivity index (χ1v) is 12.7. The van der Waals surface area contributed by atoms with Gasteiger partial charge in [0.05, 0.1) is 7.11 Å². The number of aromatic nitrogens is 4. The van der Waals surface area contributed by atoms with Crippen molar-refractivity contribution in [1.29, 1.82) is 0 Å². The first kappa shape index (κ1) is 33.8. The summed E-state index contributed by atoms with van der Waals surface area (Å²) in [6.07, 6.45) is -5.58. The van der Waals surface area contributed by atoms with E-state index in [0.29, 0.717) is 23.3 Å². The highest BCUT2D eigenvalue weighted by Gasteiger charge is 2.40. The molecule has 5 rings (SSSR count). The van der Waals surface area contributed by atoms with Crippen LogP contribution in [0.25, 0.3) is 0 Å². The van der Waals surface area contributed by atoms with E-state index in [1.807, 2.05) is 41.1 Å². The lowest BCUT2D eigenvalue weighted by molar-refractivity contribution is -0.193. The molecule has 2 aliphatic rings. The number of hydrogen-bond acceptors (Lipinski definition) is 8. The third-order valence-corrected chi connectivity index (χ3v) is 6.51. The van der Waals surface area contributed by atoms with Crippen molar-refractivity contribution < 1.29 is 55.7 Å². The zero-order valence-electron chi connectivity index (χ0n) is 22.8. The standard InChI is InChI=1S/C22H24N6O2.2C2HF3O2/c1-30-19-6-4-18(5-7-19)24-22(29)21-26-25-20-9-16-12-27(13-17(16)14-28(20)21)11-15-3-2-8-23-10-15;2*3-2(4,5)1(6)7/h2-8,10,16-17H,9,11-14H2,1H3,(H,24,29);2*(H,6,7). The van der Waals surface area contributed by atoms with Gasteiger partial charge in [-0.15, -0.1) is 10.2 Å². The maximum atomic E-state index is 12.8. The number of methoxy groups -OCH3 is 1. The lowest BCUT2D eigenvalue weighted by Gasteiger charge is -2.25. The van der Waals surface area contributed by atoms with Crippen LogP contribution in [0.2, 0.25) is 0 Å². The molecule has 2 unspecified atom stereocenters. The number of halogens is 6. The van der Waals surface area contributed by atoms with Crippen molar-refractivity contribution in [1.82, 2.24) is 24.6 Å². The first-order valence-electron chi connectivity index (χ1n) is 12.7. The van der Waals surface area contributed by atoms with Gasteiger partial charge in [0.15, 0.2) is 0 Å². The number of ether oxygens (including phenoxy) is 1. The van der Waals surface area contributed by atoms with Crippen molar-refractivity contribution >= 4 is 23.5 Å². The molecule has 0 saturated carbocycles. The summed E-state index contributed by atoms with van der Waals surface area (Å²) < 4.78 is 70.6. The van der Waals surface area contributed by atoms with Gasteiger partial charge in [-0.25, -0.2) is 9.59 Å². The second-order valence-electron chi connectivity index (χ2n) is 9.62. The number of pyridine rings is 1. The number of amides is 1. The zero-order chi connectivity index (χ0) is 32.7. The van der Waals surface area contributed by atoms with Crippen LogP contribution in [0.1, 0.15) is 22.0 Å². The van der Waals surface area contributed by atoms with E-state index in [2.05, 4.69) is 31.5 Å². The summed E-state index contributed by atoms with van der Waals surface area (Å²) in [7, 11) is 1.62. The number of nitrogens with zero attached hydrogens (tertiary/aromatic N) is 5. The molecule has 3 aromatic rings. The van der Waals surface area contributed by atoms with Crippen molar-refractivity contribution in [3.05, 3.63) is 66.0 Å². The Hall–Kier alpha value is -4.74. The van der Waals surface area contributed by atoms with Crippen LogP contribution in [0.3, 0.4) is 0 Å². The van der Waals surface area contributed by atoms with Crippen LogP contribution in [-0.4, -0.2) is 85.3 Å². The molecule has 18 heteroatoms. The van der Waals surface area contributed by atoms with E-state index < -0.39 is 24.3 Å². The summed E-state index contributed by atoms with van der Waals surface area (Å²) in [5, 5.41) is 25.7. The summed E-state index contributed by atoms with van der Waals surface area (Å²) in [6, 6.07) is 11.4. The number of anilines is 1. The van der Waals surface area contributed by atoms with Gasteiger partial charge >= 0.3 is 24.3 Å². The van der Waals surface area contributed by atoms with E-state index in [0.717, 1.165) is 44.2 Å². The third kappa shape index (κ3) is 9.38. The molecule has 1 amide bonds. The summed E-state index contributed by atoms with van der Waals surface area (Å²) in [5.74, 6) is -2.67. The first-order chi connectivity index (χ1) is 20.6. The number of carbonyl (C=O) groups is 3. The molecule has 238 valence electrons. The Morgan fingerprint density at radius 3 is 2.05 bits per heavy atom. The van der Waals surface area contributed by atoms with Gasteiger partial charge in [0.1, 0.15) is 11.6 Å². The second kappa shape index (κ2) is 14.2. The van der Waals surface area contributed by atoms with Gasteiger partial charge in [0.2, 0.25) is 5.82 Å². The van der Waals surface area contributed by atoms with Gasteiger partial charge in [-0.05, 0) is 47.7 Å². The van der Waals surface area contributed by atoms with Gasteiger partial charge in [-0.2, -0.15) is 26.3 Å². The average molecular weight is 633 g/mol. The molecule has 1 aromatic carbocycles. The molecule has 0 bridgehead atoms. The number of aliphatic carboxylic acids is 2. The summed E-state index contributed by atoms with van der Waals surface area (Å²) >= 11 is 0. The van der Waals surface area contributed by atoms with Gasteiger partial charge in [0, 0.05) is 50.7 Å².